The fraction of sp³-hybridized carbons (Fsp3) is 0.300. The second kappa shape index (κ2) is 26.3. The molecule has 2 unspecified atom stereocenters. The van der Waals surface area contributed by atoms with Crippen molar-refractivity contribution in [3.8, 4) is 0 Å². The lowest BCUT2D eigenvalue weighted by molar-refractivity contribution is -0.710. The van der Waals surface area contributed by atoms with Crippen molar-refractivity contribution in [3.05, 3.63) is 203 Å². The number of Topliss-reactive ketones (excluding diaryl/α,β-unsaturated/α-hetero) is 2. The van der Waals surface area contributed by atoms with Crippen LogP contribution in [0.15, 0.2) is 203 Å². The van der Waals surface area contributed by atoms with Crippen LogP contribution in [0.3, 0.4) is 0 Å². The maximum Gasteiger partial charge on any atom is 0.485 e. The number of pyridine rings is 2. The number of hydrogen-bond donors (Lipinski definition) is 2. The van der Waals surface area contributed by atoms with Crippen LogP contribution in [-0.2, 0) is 29.8 Å². The zero-order chi connectivity index (χ0) is 60.3. The molecule has 0 saturated heterocycles. The van der Waals surface area contributed by atoms with Gasteiger partial charge in [-0.2, -0.15) is 35.5 Å². The fourth-order valence-electron chi connectivity index (χ4n) is 9.03. The highest BCUT2D eigenvalue weighted by atomic mass is 32.2. The monoisotopic (exact) mass is 1150 g/mol. The Morgan fingerprint density at radius 3 is 1.16 bits per heavy atom. The predicted molar refractivity (Wildman–Crippen MR) is 300 cm³/mol. The van der Waals surface area contributed by atoms with Crippen molar-refractivity contribution in [2.75, 3.05) is 11.5 Å². The number of alkyl halides is 6. The van der Waals surface area contributed by atoms with Crippen molar-refractivity contribution >= 4 is 64.7 Å². The van der Waals surface area contributed by atoms with Crippen molar-refractivity contribution in [3.63, 3.8) is 0 Å². The van der Waals surface area contributed by atoms with Gasteiger partial charge in [0, 0.05) is 69.0 Å². The number of benzene rings is 2. The maximum absolute atomic E-state index is 13.7. The number of aromatic nitrogens is 2. The standard InChI is InChI=1S/C58H66N4O2.2CHF3O3S/c1-39(19-13-21-41(3)27-29-49-43(5)55(63)53(35-57(49,7)8)61-33-31-47-45(37-61)23-15-25-51(47)59)17-11-12-18-40(2)20-14-22-42(4)28-30-50-44(6)56(64)54(36-58(50,9)10)62-34-32-48-46(38-62)24-16-26-52(48)60;2*2-1(3,4)8(5,6)7/h11-34,37-38,53-54H,35-36,59-60H2,1-10H3;2*(H,5,6,7)/q+2;;/p-2/b12-11+,19-13+,20-14+,29-27+,30-28+,39-17+,40-18+,41-21+,42-22+;;. The number of hydrogen-bond acceptors (Lipinski definition) is 10. The Hall–Kier alpha value is -7.26. The lowest BCUT2D eigenvalue weighted by atomic mass is 9.70. The van der Waals surface area contributed by atoms with Crippen LogP contribution >= 0.6 is 0 Å². The van der Waals surface area contributed by atoms with Gasteiger partial charge in [0.2, 0.25) is 23.7 Å². The Morgan fingerprint density at radius 2 is 0.850 bits per heavy atom. The summed E-state index contributed by atoms with van der Waals surface area (Å²) in [6.07, 6.45) is 38.7. The lowest BCUT2D eigenvalue weighted by Gasteiger charge is -2.34. The van der Waals surface area contributed by atoms with Gasteiger partial charge in [-0.3, -0.25) is 9.59 Å². The quantitative estimate of drug-likeness (QED) is 0.0342. The van der Waals surface area contributed by atoms with Crippen LogP contribution in [0.1, 0.15) is 94.2 Å². The summed E-state index contributed by atoms with van der Waals surface area (Å²) in [6, 6.07) is 15.3. The van der Waals surface area contributed by atoms with E-state index in [1.807, 2.05) is 96.3 Å². The van der Waals surface area contributed by atoms with Gasteiger partial charge in [-0.05, 0) is 87.8 Å². The molecule has 0 fully saturated rings. The fourth-order valence-corrected chi connectivity index (χ4v) is 9.03. The Bertz CT molecular complexity index is 3380. The molecule has 2 aromatic heterocycles. The van der Waals surface area contributed by atoms with Gasteiger partial charge in [0.25, 0.3) is 0 Å². The van der Waals surface area contributed by atoms with Crippen LogP contribution in [0.25, 0.3) is 21.5 Å². The third-order valence-corrected chi connectivity index (χ3v) is 14.5. The first-order valence-corrected chi connectivity index (χ1v) is 27.7. The molecule has 0 aliphatic heterocycles. The highest BCUT2D eigenvalue weighted by Gasteiger charge is 2.44. The first-order valence-electron chi connectivity index (χ1n) is 24.9. The van der Waals surface area contributed by atoms with E-state index in [-0.39, 0.29) is 34.5 Å². The number of halogens is 6. The van der Waals surface area contributed by atoms with Crippen molar-refractivity contribution in [2.45, 2.75) is 105 Å². The molecule has 0 radical (unpaired) electrons. The molecule has 0 spiro atoms. The molecule has 428 valence electrons. The van der Waals surface area contributed by atoms with E-state index in [9.17, 15) is 35.9 Å². The number of ketones is 2. The topological polar surface area (TPSA) is 208 Å². The number of anilines is 2. The Morgan fingerprint density at radius 1 is 0.550 bits per heavy atom. The summed E-state index contributed by atoms with van der Waals surface area (Å²) in [4.78, 5) is 27.4. The Labute approximate surface area is 464 Å². The van der Waals surface area contributed by atoms with E-state index in [1.54, 1.807) is 0 Å². The molecular weight excluding hydrogens is 1080 g/mol. The van der Waals surface area contributed by atoms with Crippen LogP contribution in [-0.4, -0.2) is 48.5 Å². The van der Waals surface area contributed by atoms with Crippen LogP contribution in [0.5, 0.6) is 0 Å². The Balaban J connectivity index is 0.000000748. The van der Waals surface area contributed by atoms with Gasteiger partial charge >= 0.3 is 11.0 Å². The summed E-state index contributed by atoms with van der Waals surface area (Å²) in [6.45, 7) is 21.2. The van der Waals surface area contributed by atoms with Crippen LogP contribution in [0, 0.1) is 10.8 Å². The third-order valence-electron chi connectivity index (χ3n) is 13.3. The van der Waals surface area contributed by atoms with Gasteiger partial charge in [0.1, 0.15) is 0 Å². The first-order chi connectivity index (χ1) is 36.9. The zero-order valence-corrected chi connectivity index (χ0v) is 47.6. The van der Waals surface area contributed by atoms with Crippen molar-refractivity contribution in [1.29, 1.82) is 0 Å². The lowest BCUT2D eigenvalue weighted by Crippen LogP contribution is -2.48. The smallest absolute Gasteiger partial charge is 0.485 e. The molecule has 2 heterocycles. The number of rotatable bonds is 12. The van der Waals surface area contributed by atoms with Gasteiger partial charge < -0.3 is 20.6 Å². The third kappa shape index (κ3) is 17.6. The number of fused-ring (bicyclic) bond motifs is 2. The predicted octanol–water partition coefficient (Wildman–Crippen LogP) is 12.8. The van der Waals surface area contributed by atoms with Gasteiger partial charge in [0.05, 0.1) is 0 Å². The summed E-state index contributed by atoms with van der Waals surface area (Å²) < 4.78 is 122. The van der Waals surface area contributed by atoms with E-state index >= 15 is 0 Å². The summed E-state index contributed by atoms with van der Waals surface area (Å²) in [7, 11) is -12.2. The van der Waals surface area contributed by atoms with Crippen molar-refractivity contribution in [2.24, 2.45) is 10.8 Å². The molecule has 4 aromatic rings. The van der Waals surface area contributed by atoms with E-state index in [0.717, 1.165) is 90.3 Å². The zero-order valence-electron chi connectivity index (χ0n) is 46.0. The van der Waals surface area contributed by atoms with E-state index in [4.69, 9.17) is 37.4 Å². The summed E-state index contributed by atoms with van der Waals surface area (Å²) in [5.41, 5.74) is 10.5. The Kier molecular flexibility index (Phi) is 21.5. The van der Waals surface area contributed by atoms with E-state index in [1.165, 1.54) is 0 Å². The van der Waals surface area contributed by atoms with E-state index in [0.29, 0.717) is 0 Å². The second-order valence-corrected chi connectivity index (χ2v) is 23.5. The molecule has 80 heavy (non-hydrogen) atoms. The second-order valence-electron chi connectivity index (χ2n) is 20.7. The van der Waals surface area contributed by atoms with Crippen LogP contribution in [0.4, 0.5) is 37.7 Å². The van der Waals surface area contributed by atoms with E-state index in [2.05, 4.69) is 140 Å². The molecule has 0 saturated carbocycles. The van der Waals surface area contributed by atoms with Gasteiger partial charge in [-0.15, -0.1) is 0 Å². The molecule has 2 aliphatic carbocycles. The van der Waals surface area contributed by atoms with Crippen molar-refractivity contribution < 1.29 is 71.0 Å². The van der Waals surface area contributed by atoms with Crippen LogP contribution < -0.4 is 20.6 Å². The average Bonchev–Trinajstić information content (AvgIpc) is 3.34. The minimum absolute atomic E-state index is 0.158. The SMILES string of the molecule is CC1=C(/C=C/C(C)=C/C=C/C(C)=C/C=C/C=C(C)/C=C/C=C(C)/C=C/C2=C(C)C(=O)C([n+]3ccc4c(N)cccc4c3)CC2(C)C)C(C)(C)CC([n+]2ccc3c(N)cccc3c2)C1=O.O=S(=O)([O-])C(F)(F)F.O=S(=O)([O-])C(F)(F)F. The number of nitrogens with two attached hydrogens (primary N) is 2. The summed E-state index contributed by atoms with van der Waals surface area (Å²) >= 11 is 0. The number of nitrogen functional groups attached to an aromatic ring is 2. The number of carbonyl (C=O) groups is 2. The molecule has 2 atom stereocenters. The minimum atomic E-state index is -6.09. The largest absolute Gasteiger partial charge is 0.741 e. The van der Waals surface area contributed by atoms with Crippen molar-refractivity contribution in [1.82, 2.24) is 0 Å². The molecule has 20 heteroatoms. The normalized spacial score (nSPS) is 19.3. The number of nitrogens with zero attached hydrogens (tertiary/aromatic N) is 2. The number of allylic oxidation sites excluding steroid dienone is 22. The highest BCUT2D eigenvalue weighted by Crippen LogP contribution is 2.44. The summed E-state index contributed by atoms with van der Waals surface area (Å²) in [5.74, 6) is 0.316. The molecule has 4 N–H and O–H groups in total. The molecule has 2 aliphatic rings. The molecule has 12 nitrogen and oxygen atoms in total. The highest BCUT2D eigenvalue weighted by molar-refractivity contribution is 7.86. The molecule has 2 aromatic carbocycles. The minimum Gasteiger partial charge on any atom is -0.741 e. The van der Waals surface area contributed by atoms with Gasteiger partial charge in [-0.25, -0.2) is 16.8 Å². The molecule has 6 rings (SSSR count). The molecule has 0 bridgehead atoms. The molecular formula is C60H66F6N4O8S2. The van der Waals surface area contributed by atoms with Gasteiger partial charge in [-0.1, -0.05) is 147 Å². The summed E-state index contributed by atoms with van der Waals surface area (Å²) in [5, 5.41) is 4.06. The number of carbonyl (C=O) groups excluding carboxylic acids is 2. The first kappa shape index (κ1) is 65.3. The van der Waals surface area contributed by atoms with Gasteiger partial charge in [0.15, 0.2) is 45.0 Å². The molecule has 0 amide bonds. The maximum atomic E-state index is 13.7. The van der Waals surface area contributed by atoms with Crippen LogP contribution in [0.2, 0.25) is 0 Å². The van der Waals surface area contributed by atoms with E-state index < -0.39 is 31.3 Å². The average molecular weight is 1150 g/mol.